The Hall–Kier alpha value is 1.62. The molecule has 0 aliphatic heterocycles. The molecule has 0 fully saturated rings. The molecule has 0 amide bonds. The maximum absolute atomic E-state index is 11.8. The van der Waals surface area contributed by atoms with E-state index in [1.165, 1.54) is 11.8 Å². The van der Waals surface area contributed by atoms with Gasteiger partial charge in [0.2, 0.25) is 0 Å². The van der Waals surface area contributed by atoms with Gasteiger partial charge in [-0.05, 0) is 18.4 Å². The molecular weight excluding hydrogens is 621 g/mol. The number of aliphatic hydroxyl groups is 1. The van der Waals surface area contributed by atoms with E-state index in [4.69, 9.17) is 24.4 Å². The lowest BCUT2D eigenvalue weighted by Crippen LogP contribution is -2.08. The fourth-order valence-corrected chi connectivity index (χ4v) is 9.33. The highest BCUT2D eigenvalue weighted by molar-refractivity contribution is 8.23. The fraction of sp³-hybridized carbons (Fsp3) is 0.905. The van der Waals surface area contributed by atoms with Crippen LogP contribution in [0.4, 0.5) is 0 Å². The molecule has 0 aromatic carbocycles. The molecule has 0 spiro atoms. The predicted octanol–water partition coefficient (Wildman–Crippen LogP) is 5.47. The minimum Gasteiger partial charge on any atom is -0.465 e. The summed E-state index contributed by atoms with van der Waals surface area (Å²) >= 11 is 13.9. The van der Waals surface area contributed by atoms with E-state index in [1.807, 2.05) is 35.3 Å². The Morgan fingerprint density at radius 3 is 1.78 bits per heavy atom. The largest absolute Gasteiger partial charge is 0.465 e. The van der Waals surface area contributed by atoms with Gasteiger partial charge in [-0.25, -0.2) is 9.78 Å². The van der Waals surface area contributed by atoms with Crippen LogP contribution in [0, 0.1) is 0 Å². The van der Waals surface area contributed by atoms with Gasteiger partial charge in [-0.1, -0.05) is 0 Å². The second-order valence-corrected chi connectivity index (χ2v) is 16.4. The third-order valence-corrected chi connectivity index (χ3v) is 12.3. The third kappa shape index (κ3) is 31.8. The number of thioether (sulfide) groups is 8. The van der Waals surface area contributed by atoms with E-state index in [1.54, 1.807) is 47.0 Å². The van der Waals surface area contributed by atoms with Crippen molar-refractivity contribution >= 4 is 106 Å². The van der Waals surface area contributed by atoms with Crippen LogP contribution < -0.4 is 0 Å². The van der Waals surface area contributed by atoms with E-state index in [9.17, 15) is 9.59 Å². The Morgan fingerprint density at radius 1 is 0.611 bits per heavy atom. The highest BCUT2D eigenvalue weighted by atomic mass is 32.2. The van der Waals surface area contributed by atoms with E-state index in [2.05, 4.69) is 6.26 Å². The molecule has 0 saturated heterocycles. The Labute approximate surface area is 251 Å². The van der Waals surface area contributed by atoms with Crippen LogP contribution in [-0.2, 0) is 28.8 Å². The quantitative estimate of drug-likeness (QED) is 0.0361. The Bertz CT molecular complexity index is 495. The average Bonchev–Trinajstić information content (AvgIpc) is 2.88. The number of rotatable bonds is 29. The van der Waals surface area contributed by atoms with Gasteiger partial charge in [0.05, 0.1) is 32.7 Å². The van der Waals surface area contributed by atoms with Gasteiger partial charge in [0.1, 0.15) is 12.5 Å². The highest BCUT2D eigenvalue weighted by Gasteiger charge is 2.04. The summed E-state index contributed by atoms with van der Waals surface area (Å²) in [4.78, 5) is 33.5. The van der Waals surface area contributed by atoms with Gasteiger partial charge in [0, 0.05) is 49.1 Å². The lowest BCUT2D eigenvalue weighted by Gasteiger charge is -2.06. The SMILES string of the molecule is CSCCCOOCCSCSCSCCOC(=O)CCSCSCSCCC(=O)OCSCCO. The van der Waals surface area contributed by atoms with Crippen molar-refractivity contribution in [1.82, 2.24) is 0 Å². The summed E-state index contributed by atoms with van der Waals surface area (Å²) in [5.74, 6) is 4.93. The normalized spacial score (nSPS) is 11.1. The van der Waals surface area contributed by atoms with E-state index in [-0.39, 0.29) is 18.5 Å². The zero-order chi connectivity index (χ0) is 26.4. The van der Waals surface area contributed by atoms with Gasteiger partial charge in [-0.15, -0.1) is 58.8 Å². The topological polar surface area (TPSA) is 91.3 Å². The van der Waals surface area contributed by atoms with Crippen LogP contribution in [0.2, 0.25) is 0 Å². The van der Waals surface area contributed by atoms with Crippen molar-refractivity contribution in [3.05, 3.63) is 0 Å². The molecular formula is C21H40O7S8. The van der Waals surface area contributed by atoms with Crippen LogP contribution in [0.25, 0.3) is 0 Å². The number of hydrogen-bond donors (Lipinski definition) is 1. The first-order valence-electron chi connectivity index (χ1n) is 11.4. The molecule has 0 atom stereocenters. The smallest absolute Gasteiger partial charge is 0.307 e. The Morgan fingerprint density at radius 2 is 1.17 bits per heavy atom. The number of carbonyl (C=O) groups is 2. The van der Waals surface area contributed by atoms with Crippen molar-refractivity contribution in [2.45, 2.75) is 19.3 Å². The standard InChI is InChI=1S/C21H40O7S8/c1-29-9-2-6-27-28-8-14-34-19-36-18-33-13-7-25-20(23)3-10-31-16-35-17-32-11-4-21(24)26-15-30-12-5-22/h22H,2-19H2,1H3. The van der Waals surface area contributed by atoms with Gasteiger partial charge in [0.15, 0.2) is 0 Å². The van der Waals surface area contributed by atoms with Crippen molar-refractivity contribution in [3.8, 4) is 0 Å². The highest BCUT2D eigenvalue weighted by Crippen LogP contribution is 2.20. The summed E-state index contributed by atoms with van der Waals surface area (Å²) in [7, 11) is 0. The molecule has 1 N–H and O–H groups in total. The first-order valence-corrected chi connectivity index (χ1v) is 20.9. The molecule has 0 aromatic heterocycles. The van der Waals surface area contributed by atoms with Crippen LogP contribution in [0.3, 0.4) is 0 Å². The van der Waals surface area contributed by atoms with Gasteiger partial charge < -0.3 is 14.6 Å². The van der Waals surface area contributed by atoms with Crippen molar-refractivity contribution in [2.24, 2.45) is 0 Å². The summed E-state index contributed by atoms with van der Waals surface area (Å²) in [6.07, 6.45) is 3.95. The molecule has 0 unspecified atom stereocenters. The van der Waals surface area contributed by atoms with Crippen LogP contribution in [0.5, 0.6) is 0 Å². The molecule has 0 aromatic rings. The molecule has 0 saturated carbocycles. The maximum atomic E-state index is 11.8. The van der Waals surface area contributed by atoms with Crippen molar-refractivity contribution < 1.29 is 33.9 Å². The van der Waals surface area contributed by atoms with E-state index >= 15 is 0 Å². The lowest BCUT2D eigenvalue weighted by molar-refractivity contribution is -0.289. The van der Waals surface area contributed by atoms with Crippen molar-refractivity contribution in [3.63, 3.8) is 0 Å². The Kier molecular flexibility index (Phi) is 34.3. The summed E-state index contributed by atoms with van der Waals surface area (Å²) in [5.41, 5.74) is 0. The molecule has 0 bridgehead atoms. The minimum atomic E-state index is -0.193. The van der Waals surface area contributed by atoms with Gasteiger partial charge in [0.25, 0.3) is 0 Å². The van der Waals surface area contributed by atoms with Crippen LogP contribution in [0.1, 0.15) is 19.3 Å². The first kappa shape index (κ1) is 37.6. The van der Waals surface area contributed by atoms with Crippen LogP contribution in [-0.4, -0.2) is 111 Å². The maximum Gasteiger partial charge on any atom is 0.307 e. The molecule has 0 radical (unpaired) electrons. The fourth-order valence-electron chi connectivity index (χ4n) is 1.91. The number of ether oxygens (including phenoxy) is 2. The molecule has 0 aliphatic carbocycles. The van der Waals surface area contributed by atoms with Crippen molar-refractivity contribution in [1.29, 1.82) is 0 Å². The zero-order valence-corrected chi connectivity index (χ0v) is 27.4. The first-order chi connectivity index (χ1) is 17.7. The number of hydrogen-bond acceptors (Lipinski definition) is 15. The van der Waals surface area contributed by atoms with E-state index in [0.717, 1.165) is 55.5 Å². The summed E-state index contributed by atoms with van der Waals surface area (Å²) in [6, 6.07) is 0. The lowest BCUT2D eigenvalue weighted by atomic mass is 10.5. The monoisotopic (exact) mass is 660 g/mol. The summed E-state index contributed by atoms with van der Waals surface area (Å²) in [5, 5.41) is 12.5. The summed E-state index contributed by atoms with van der Waals surface area (Å²) < 4.78 is 10.3. The molecule has 7 nitrogen and oxygen atoms in total. The second kappa shape index (κ2) is 32.8. The predicted molar refractivity (Wildman–Crippen MR) is 170 cm³/mol. The molecule has 36 heavy (non-hydrogen) atoms. The number of aliphatic hydroxyl groups excluding tert-OH is 1. The van der Waals surface area contributed by atoms with E-state index in [0.29, 0.717) is 44.4 Å². The zero-order valence-electron chi connectivity index (χ0n) is 20.9. The van der Waals surface area contributed by atoms with E-state index < -0.39 is 0 Å². The average molecular weight is 661 g/mol. The van der Waals surface area contributed by atoms with Gasteiger partial charge >= 0.3 is 11.9 Å². The number of esters is 2. The van der Waals surface area contributed by atoms with Crippen LogP contribution in [0.15, 0.2) is 0 Å². The molecule has 0 rings (SSSR count). The second-order valence-electron chi connectivity index (χ2n) is 6.49. The van der Waals surface area contributed by atoms with Crippen LogP contribution >= 0.6 is 94.1 Å². The van der Waals surface area contributed by atoms with Gasteiger partial charge in [-0.2, -0.15) is 35.3 Å². The summed E-state index contributed by atoms with van der Waals surface area (Å²) in [6.45, 7) is 1.85. The van der Waals surface area contributed by atoms with Crippen molar-refractivity contribution in [2.75, 3.05) is 93.5 Å². The Balaban J connectivity index is 3.21. The minimum absolute atomic E-state index is 0.0975. The molecule has 214 valence electrons. The number of carbonyl (C=O) groups excluding carboxylic acids is 2. The third-order valence-electron chi connectivity index (χ3n) is 3.57. The van der Waals surface area contributed by atoms with Gasteiger partial charge in [-0.3, -0.25) is 9.59 Å². The molecule has 0 aliphatic rings. The molecule has 0 heterocycles. The molecule has 15 heteroatoms.